The maximum atomic E-state index is 10.4. The number of aliphatic carboxylic acids is 1. The van der Waals surface area contributed by atoms with Crippen LogP contribution in [0.3, 0.4) is 0 Å². The average Bonchev–Trinajstić information content (AvgIpc) is 2.39. The number of nitrogen functional groups attached to an aromatic ring is 1. The molecule has 4 N–H and O–H groups in total. The van der Waals surface area contributed by atoms with Crippen LogP contribution < -0.4 is 11.1 Å². The standard InChI is InChI=1S/C9H16N4O2/c1-5(2)8-7(10)9(13(3)12-8)11-4-6(14)15/h5,11H,4,10H2,1-3H3,(H,14,15). The lowest BCUT2D eigenvalue weighted by molar-refractivity contribution is -0.134. The second-order valence-electron chi connectivity index (χ2n) is 3.67. The predicted molar refractivity (Wildman–Crippen MR) is 57.8 cm³/mol. The number of carboxylic acids is 1. The highest BCUT2D eigenvalue weighted by Crippen LogP contribution is 2.27. The van der Waals surface area contributed by atoms with Gasteiger partial charge in [-0.25, -0.2) is 0 Å². The van der Waals surface area contributed by atoms with E-state index in [0.29, 0.717) is 11.5 Å². The van der Waals surface area contributed by atoms with Crippen LogP contribution in [-0.4, -0.2) is 27.4 Å². The Morgan fingerprint density at radius 1 is 1.67 bits per heavy atom. The number of aromatic nitrogens is 2. The molecule has 0 aliphatic rings. The van der Waals surface area contributed by atoms with E-state index in [1.165, 1.54) is 0 Å². The fourth-order valence-electron chi connectivity index (χ4n) is 1.36. The summed E-state index contributed by atoms with van der Waals surface area (Å²) in [5, 5.41) is 15.5. The monoisotopic (exact) mass is 212 g/mol. The zero-order valence-electron chi connectivity index (χ0n) is 9.11. The van der Waals surface area contributed by atoms with Crippen molar-refractivity contribution >= 4 is 17.5 Å². The van der Waals surface area contributed by atoms with Crippen LogP contribution >= 0.6 is 0 Å². The summed E-state index contributed by atoms with van der Waals surface area (Å²) in [5.41, 5.74) is 7.16. The molecule has 6 heteroatoms. The first-order chi connectivity index (χ1) is 6.93. The molecule has 0 amide bonds. The number of nitrogens with zero attached hydrogens (tertiary/aromatic N) is 2. The van der Waals surface area contributed by atoms with Gasteiger partial charge in [0, 0.05) is 7.05 Å². The van der Waals surface area contributed by atoms with Gasteiger partial charge in [0.05, 0.1) is 11.4 Å². The van der Waals surface area contributed by atoms with Gasteiger partial charge in [-0.15, -0.1) is 0 Å². The highest BCUT2D eigenvalue weighted by Gasteiger charge is 2.15. The Morgan fingerprint density at radius 3 is 2.67 bits per heavy atom. The second kappa shape index (κ2) is 4.20. The number of hydrogen-bond donors (Lipinski definition) is 3. The van der Waals surface area contributed by atoms with Crippen LogP contribution in [0.25, 0.3) is 0 Å². The molecule has 1 aromatic rings. The fraction of sp³-hybridized carbons (Fsp3) is 0.556. The summed E-state index contributed by atoms with van der Waals surface area (Å²) in [6.45, 7) is 3.81. The molecule has 84 valence electrons. The molecule has 0 aliphatic heterocycles. The third-order valence-corrected chi connectivity index (χ3v) is 2.07. The molecule has 0 aromatic carbocycles. The van der Waals surface area contributed by atoms with Gasteiger partial charge in [0.25, 0.3) is 0 Å². The fourth-order valence-corrected chi connectivity index (χ4v) is 1.36. The molecule has 15 heavy (non-hydrogen) atoms. The van der Waals surface area contributed by atoms with Crippen molar-refractivity contribution in [2.24, 2.45) is 7.05 Å². The highest BCUT2D eigenvalue weighted by molar-refractivity contribution is 5.75. The summed E-state index contributed by atoms with van der Waals surface area (Å²) in [5.74, 6) is -0.153. The van der Waals surface area contributed by atoms with Gasteiger partial charge in [0.2, 0.25) is 0 Å². The van der Waals surface area contributed by atoms with Gasteiger partial charge in [-0.2, -0.15) is 5.10 Å². The van der Waals surface area contributed by atoms with E-state index in [1.54, 1.807) is 11.7 Å². The first-order valence-corrected chi connectivity index (χ1v) is 4.71. The van der Waals surface area contributed by atoms with Crippen LogP contribution in [0.4, 0.5) is 11.5 Å². The van der Waals surface area contributed by atoms with Crippen molar-refractivity contribution in [1.82, 2.24) is 9.78 Å². The molecular weight excluding hydrogens is 196 g/mol. The summed E-state index contributed by atoms with van der Waals surface area (Å²) in [6, 6.07) is 0. The average molecular weight is 212 g/mol. The SMILES string of the molecule is CC(C)c1nn(C)c(NCC(=O)O)c1N. The molecule has 1 aromatic heterocycles. The Hall–Kier alpha value is -1.72. The Labute approximate surface area is 88.1 Å². The zero-order valence-corrected chi connectivity index (χ0v) is 9.11. The van der Waals surface area contributed by atoms with E-state index in [9.17, 15) is 4.79 Å². The molecule has 6 nitrogen and oxygen atoms in total. The van der Waals surface area contributed by atoms with Crippen LogP contribution in [0.5, 0.6) is 0 Å². The predicted octanol–water partition coefficient (Wildman–Crippen LogP) is 0.622. The normalized spacial score (nSPS) is 10.7. The lowest BCUT2D eigenvalue weighted by Crippen LogP contribution is -2.15. The van der Waals surface area contributed by atoms with E-state index in [1.807, 2.05) is 13.8 Å². The maximum absolute atomic E-state index is 10.4. The van der Waals surface area contributed by atoms with Crippen molar-refractivity contribution in [2.45, 2.75) is 19.8 Å². The highest BCUT2D eigenvalue weighted by atomic mass is 16.4. The molecule has 0 saturated carbocycles. The number of rotatable bonds is 4. The minimum absolute atomic E-state index is 0.165. The van der Waals surface area contributed by atoms with Crippen molar-refractivity contribution in [1.29, 1.82) is 0 Å². The van der Waals surface area contributed by atoms with Gasteiger partial charge in [-0.1, -0.05) is 13.8 Å². The quantitative estimate of drug-likeness (QED) is 0.680. The Morgan fingerprint density at radius 2 is 2.27 bits per heavy atom. The van der Waals surface area contributed by atoms with Crippen LogP contribution in [0, 0.1) is 0 Å². The van der Waals surface area contributed by atoms with Crippen LogP contribution in [0.1, 0.15) is 25.5 Å². The largest absolute Gasteiger partial charge is 0.480 e. The minimum Gasteiger partial charge on any atom is -0.480 e. The molecule has 0 fully saturated rings. The van der Waals surface area contributed by atoms with Crippen molar-refractivity contribution in [3.63, 3.8) is 0 Å². The van der Waals surface area contributed by atoms with E-state index in [4.69, 9.17) is 10.8 Å². The van der Waals surface area contributed by atoms with E-state index in [2.05, 4.69) is 10.4 Å². The number of carboxylic acid groups (broad SMARTS) is 1. The summed E-state index contributed by atoms with van der Waals surface area (Å²) < 4.78 is 1.56. The molecule has 0 spiro atoms. The van der Waals surface area contributed by atoms with Crippen LogP contribution in [-0.2, 0) is 11.8 Å². The number of nitrogens with one attached hydrogen (secondary N) is 1. The van der Waals surface area contributed by atoms with E-state index >= 15 is 0 Å². The van der Waals surface area contributed by atoms with Crippen molar-refractivity contribution in [3.05, 3.63) is 5.69 Å². The van der Waals surface area contributed by atoms with E-state index in [-0.39, 0.29) is 12.5 Å². The number of carbonyl (C=O) groups is 1. The molecule has 0 bridgehead atoms. The lowest BCUT2D eigenvalue weighted by Gasteiger charge is -2.04. The molecule has 0 aliphatic carbocycles. The zero-order chi connectivity index (χ0) is 11.6. The van der Waals surface area contributed by atoms with Crippen LogP contribution in [0.15, 0.2) is 0 Å². The van der Waals surface area contributed by atoms with Crippen molar-refractivity contribution < 1.29 is 9.90 Å². The molecule has 0 radical (unpaired) electrons. The third-order valence-electron chi connectivity index (χ3n) is 2.07. The minimum atomic E-state index is -0.929. The Bertz CT molecular complexity index is 370. The summed E-state index contributed by atoms with van der Waals surface area (Å²) in [6.07, 6.45) is 0. The smallest absolute Gasteiger partial charge is 0.322 e. The third kappa shape index (κ3) is 2.39. The van der Waals surface area contributed by atoms with Gasteiger partial charge in [0.1, 0.15) is 12.4 Å². The number of aryl methyl sites for hydroxylation is 1. The number of anilines is 2. The molecule has 0 unspecified atom stereocenters. The molecular formula is C9H16N4O2. The summed E-state index contributed by atoms with van der Waals surface area (Å²) in [7, 11) is 1.73. The maximum Gasteiger partial charge on any atom is 0.322 e. The first kappa shape index (κ1) is 11.4. The van der Waals surface area contributed by atoms with Gasteiger partial charge >= 0.3 is 5.97 Å². The topological polar surface area (TPSA) is 93.2 Å². The Kier molecular flexibility index (Phi) is 3.18. The van der Waals surface area contributed by atoms with E-state index in [0.717, 1.165) is 5.69 Å². The van der Waals surface area contributed by atoms with Gasteiger partial charge in [-0.05, 0) is 5.92 Å². The molecule has 0 atom stereocenters. The molecule has 1 rings (SSSR count). The van der Waals surface area contributed by atoms with Crippen LogP contribution in [0.2, 0.25) is 0 Å². The summed E-state index contributed by atoms with van der Waals surface area (Å²) >= 11 is 0. The first-order valence-electron chi connectivity index (χ1n) is 4.71. The Balaban J connectivity index is 2.92. The lowest BCUT2D eigenvalue weighted by atomic mass is 10.1. The number of nitrogens with two attached hydrogens (primary N) is 1. The van der Waals surface area contributed by atoms with E-state index < -0.39 is 5.97 Å². The molecule has 1 heterocycles. The molecule has 0 saturated heterocycles. The summed E-state index contributed by atoms with van der Waals surface area (Å²) in [4.78, 5) is 10.4. The van der Waals surface area contributed by atoms with Gasteiger partial charge < -0.3 is 16.2 Å². The van der Waals surface area contributed by atoms with Crippen molar-refractivity contribution in [3.8, 4) is 0 Å². The van der Waals surface area contributed by atoms with Gasteiger partial charge in [0.15, 0.2) is 0 Å². The van der Waals surface area contributed by atoms with Gasteiger partial charge in [-0.3, -0.25) is 9.48 Å². The van der Waals surface area contributed by atoms with Crippen molar-refractivity contribution in [2.75, 3.05) is 17.6 Å². The number of hydrogen-bond acceptors (Lipinski definition) is 4. The second-order valence-corrected chi connectivity index (χ2v) is 3.67.